The van der Waals surface area contributed by atoms with Crippen LogP contribution >= 0.6 is 0 Å². The molecule has 7 N–H and O–H groups in total. The standard InChI is InChI=1S/C51H66O23/c1-18-30(71-33-14-29(55)45(22(5)67-33)69-24(7)53)13-27-11-26-12-28-46(64-10)44(60)37(19(2)52)47(61)51(28,48(62)39(26)43(59)38(27)40(18)56)74-35-16-32(42(58)21(4)66-35)72-34-15-31(41(57)20(3)65-34)73-36-17-50(9,63)49(23(6)68-36)70-25(8)54/h11,13,20-23,28-29,31-36,41-42,45-46,49,55-59,61,63H,12,14-17H2,1-10H3/t20?,21?,22?,23?,28?,29?,31?,32?,33?,34?,35?,36?,41?,42?,45?,46-,49?,50?,51-/m1/s1. The van der Waals surface area contributed by atoms with Crippen LogP contribution in [-0.2, 0) is 73.0 Å². The molecule has 0 amide bonds. The Bertz CT molecular complexity index is 2560. The minimum absolute atomic E-state index is 0.0754. The number of methoxy groups -OCH3 is 1. The van der Waals surface area contributed by atoms with E-state index in [1.54, 1.807) is 20.8 Å². The summed E-state index contributed by atoms with van der Waals surface area (Å²) in [6, 6.07) is 2.95. The van der Waals surface area contributed by atoms with Gasteiger partial charge in [-0.3, -0.25) is 24.0 Å². The Kier molecular flexibility index (Phi) is 15.6. The first-order valence-corrected chi connectivity index (χ1v) is 24.6. The van der Waals surface area contributed by atoms with Gasteiger partial charge in [-0.05, 0) is 78.0 Å². The second-order valence-electron chi connectivity index (χ2n) is 20.5. The highest BCUT2D eigenvalue weighted by Crippen LogP contribution is 2.53. The van der Waals surface area contributed by atoms with Crippen molar-refractivity contribution in [1.82, 2.24) is 0 Å². The lowest BCUT2D eigenvalue weighted by Crippen LogP contribution is -2.65. The number of carbonyl (C=O) groups excluding carboxylic acids is 5. The van der Waals surface area contributed by atoms with E-state index in [4.69, 9.17) is 52.1 Å². The number of hydrogen-bond acceptors (Lipinski definition) is 23. The third-order valence-corrected chi connectivity index (χ3v) is 15.0. The average molecular weight is 1050 g/mol. The highest BCUT2D eigenvalue weighted by atomic mass is 16.7. The first kappa shape index (κ1) is 55.3. The number of phenols is 2. The fraction of sp³-hybridized carbons (Fsp3) is 0.667. The van der Waals surface area contributed by atoms with Crippen LogP contribution in [0.3, 0.4) is 0 Å². The van der Waals surface area contributed by atoms with Gasteiger partial charge in [0.25, 0.3) is 0 Å². The van der Waals surface area contributed by atoms with E-state index in [1.165, 1.54) is 53.9 Å². The molecule has 0 saturated carbocycles. The fourth-order valence-corrected chi connectivity index (χ4v) is 11.4. The van der Waals surface area contributed by atoms with Crippen LogP contribution in [0.25, 0.3) is 10.8 Å². The maximum Gasteiger partial charge on any atom is 0.303 e. The molecule has 2 aromatic carbocycles. The van der Waals surface area contributed by atoms with E-state index < -0.39 is 173 Å². The number of carbonyl (C=O) groups is 5. The second kappa shape index (κ2) is 20.9. The number of ether oxygens (including phenoxy) is 11. The van der Waals surface area contributed by atoms with Crippen molar-refractivity contribution in [2.24, 2.45) is 5.92 Å². The monoisotopic (exact) mass is 1050 g/mol. The first-order chi connectivity index (χ1) is 34.7. The summed E-state index contributed by atoms with van der Waals surface area (Å²) in [6.07, 6.45) is -18.9. The van der Waals surface area contributed by atoms with E-state index in [1.807, 2.05) is 0 Å². The molecule has 0 aromatic heterocycles. The number of Topliss-reactive ketones (excluding diaryl/α,β-unsaturated/α-hetero) is 3. The molecular weight excluding hydrogens is 981 g/mol. The van der Waals surface area contributed by atoms with E-state index in [0.29, 0.717) is 0 Å². The van der Waals surface area contributed by atoms with Crippen molar-refractivity contribution in [2.45, 2.75) is 204 Å². The molecule has 2 aromatic rings. The molecule has 408 valence electrons. The molecular formula is C51H66O23. The van der Waals surface area contributed by atoms with Crippen molar-refractivity contribution in [1.29, 1.82) is 0 Å². The Balaban J connectivity index is 1.09. The molecule has 4 aliphatic heterocycles. The predicted molar refractivity (Wildman–Crippen MR) is 249 cm³/mol. The Morgan fingerprint density at radius 1 is 0.743 bits per heavy atom. The molecule has 6 aliphatic rings. The number of aliphatic hydroxyl groups excluding tert-OH is 4. The topological polar surface area (TPSA) is 328 Å². The maximum atomic E-state index is 15.5. The molecule has 23 heteroatoms. The third-order valence-electron chi connectivity index (χ3n) is 15.0. The van der Waals surface area contributed by atoms with Gasteiger partial charge in [0.05, 0.1) is 53.7 Å². The van der Waals surface area contributed by atoms with Crippen LogP contribution in [-0.4, -0.2) is 182 Å². The summed E-state index contributed by atoms with van der Waals surface area (Å²) < 4.78 is 65.5. The Hall–Kier alpha value is -4.89. The molecule has 8 rings (SSSR count). The van der Waals surface area contributed by atoms with Crippen LogP contribution in [0.1, 0.15) is 103 Å². The minimum Gasteiger partial charge on any atom is -0.508 e. The fourth-order valence-electron chi connectivity index (χ4n) is 11.4. The molecule has 0 bridgehead atoms. The number of aliphatic hydroxyl groups is 5. The SMILES string of the molecule is CO[C@H]1C(=O)C(C(C)=O)=C(O)[C@@]2(OC3CC(OC4CC(OC5CC(C)(O)C(OC(C)=O)C(C)O5)C(O)C(C)O4)C(O)C(C)O3)C(=O)c3c(cc4cc(OC5CC(O)C(OC(C)=O)C(C)O5)c(C)c(O)c4c3O)CC12. The summed E-state index contributed by atoms with van der Waals surface area (Å²) in [4.78, 5) is 66.2. The van der Waals surface area contributed by atoms with Gasteiger partial charge in [0.15, 0.2) is 48.2 Å². The molecule has 4 heterocycles. The number of esters is 2. The summed E-state index contributed by atoms with van der Waals surface area (Å²) in [5.41, 5.74) is -5.23. The molecule has 17 unspecified atom stereocenters. The smallest absolute Gasteiger partial charge is 0.303 e. The van der Waals surface area contributed by atoms with Crippen LogP contribution in [0.2, 0.25) is 0 Å². The maximum absolute atomic E-state index is 15.5. The molecule has 74 heavy (non-hydrogen) atoms. The lowest BCUT2D eigenvalue weighted by molar-refractivity contribution is -0.337. The minimum atomic E-state index is -2.68. The highest BCUT2D eigenvalue weighted by molar-refractivity contribution is 6.25. The van der Waals surface area contributed by atoms with Crippen molar-refractivity contribution in [3.8, 4) is 17.2 Å². The van der Waals surface area contributed by atoms with E-state index in [9.17, 15) is 54.9 Å². The normalized spacial score (nSPS) is 39.5. The van der Waals surface area contributed by atoms with E-state index in [0.717, 1.165) is 6.92 Å². The van der Waals surface area contributed by atoms with Crippen LogP contribution in [0, 0.1) is 12.8 Å². The molecule has 0 spiro atoms. The molecule has 0 radical (unpaired) electrons. The summed E-state index contributed by atoms with van der Waals surface area (Å²) in [6.45, 7) is 12.6. The molecule has 2 aliphatic carbocycles. The van der Waals surface area contributed by atoms with Crippen LogP contribution in [0.5, 0.6) is 17.2 Å². The lowest BCUT2D eigenvalue weighted by atomic mass is 9.62. The zero-order valence-electron chi connectivity index (χ0n) is 42.7. The number of rotatable bonds is 12. The van der Waals surface area contributed by atoms with Crippen molar-refractivity contribution >= 4 is 40.1 Å². The van der Waals surface area contributed by atoms with Gasteiger partial charge in [-0.2, -0.15) is 0 Å². The Morgan fingerprint density at radius 2 is 1.32 bits per heavy atom. The molecule has 23 nitrogen and oxygen atoms in total. The number of hydrogen-bond donors (Lipinski definition) is 7. The number of phenolic OH excluding ortho intramolecular Hbond substituents is 2. The molecule has 4 fully saturated rings. The first-order valence-electron chi connectivity index (χ1n) is 24.6. The van der Waals surface area contributed by atoms with Gasteiger partial charge in [-0.15, -0.1) is 0 Å². The Labute approximate surface area is 425 Å². The summed E-state index contributed by atoms with van der Waals surface area (Å²) in [5.74, 6) is -7.88. The van der Waals surface area contributed by atoms with Crippen molar-refractivity contribution < 1.29 is 112 Å². The second-order valence-corrected chi connectivity index (χ2v) is 20.5. The lowest BCUT2D eigenvalue weighted by Gasteiger charge is -2.50. The summed E-state index contributed by atoms with van der Waals surface area (Å²) in [5, 5.41) is 80.8. The average Bonchev–Trinajstić information content (AvgIpc) is 3.29. The van der Waals surface area contributed by atoms with Gasteiger partial charge in [-0.1, -0.05) is 0 Å². The van der Waals surface area contributed by atoms with Gasteiger partial charge in [0, 0.05) is 58.1 Å². The van der Waals surface area contributed by atoms with Gasteiger partial charge >= 0.3 is 11.9 Å². The molecule has 19 atom stereocenters. The number of ketones is 3. The van der Waals surface area contributed by atoms with Crippen LogP contribution in [0.15, 0.2) is 23.5 Å². The predicted octanol–water partition coefficient (Wildman–Crippen LogP) is 2.05. The van der Waals surface area contributed by atoms with Gasteiger partial charge in [0.2, 0.25) is 12.1 Å². The molecule has 4 saturated heterocycles. The number of aromatic hydroxyl groups is 2. The van der Waals surface area contributed by atoms with Gasteiger partial charge in [0.1, 0.15) is 52.5 Å². The van der Waals surface area contributed by atoms with Gasteiger partial charge in [-0.25, -0.2) is 0 Å². The van der Waals surface area contributed by atoms with Crippen molar-refractivity contribution in [2.75, 3.05) is 7.11 Å². The third kappa shape index (κ3) is 10.0. The van der Waals surface area contributed by atoms with E-state index in [2.05, 4.69) is 0 Å². The van der Waals surface area contributed by atoms with Crippen molar-refractivity contribution in [3.05, 3.63) is 40.2 Å². The highest BCUT2D eigenvalue weighted by Gasteiger charge is 2.65. The number of fused-ring (bicyclic) bond motifs is 3. The van der Waals surface area contributed by atoms with E-state index in [-0.39, 0.29) is 59.8 Å². The summed E-state index contributed by atoms with van der Waals surface area (Å²) in [7, 11) is 1.18. The zero-order valence-corrected chi connectivity index (χ0v) is 42.7. The summed E-state index contributed by atoms with van der Waals surface area (Å²) >= 11 is 0. The number of benzene rings is 2. The van der Waals surface area contributed by atoms with Crippen LogP contribution < -0.4 is 4.74 Å². The van der Waals surface area contributed by atoms with Crippen LogP contribution in [0.4, 0.5) is 0 Å². The van der Waals surface area contributed by atoms with Crippen molar-refractivity contribution in [3.63, 3.8) is 0 Å². The zero-order chi connectivity index (χ0) is 54.2. The van der Waals surface area contributed by atoms with E-state index >= 15 is 4.79 Å². The largest absolute Gasteiger partial charge is 0.508 e. The van der Waals surface area contributed by atoms with Gasteiger partial charge < -0.3 is 87.9 Å². The Morgan fingerprint density at radius 3 is 1.91 bits per heavy atom. The quantitative estimate of drug-likeness (QED) is 0.118.